The fraction of sp³-hybridized carbons (Fsp3) is 0.238. The lowest BCUT2D eigenvalue weighted by atomic mass is 10.1. The first-order valence-corrected chi connectivity index (χ1v) is 9.13. The van der Waals surface area contributed by atoms with Crippen LogP contribution in [0.25, 0.3) is 10.9 Å². The van der Waals surface area contributed by atoms with Crippen LogP contribution in [-0.2, 0) is 17.8 Å². The van der Waals surface area contributed by atoms with Crippen LogP contribution in [0.4, 0.5) is 11.4 Å². The zero-order valence-corrected chi connectivity index (χ0v) is 15.6. The Hall–Kier alpha value is -3.48. The number of carbonyl (C=O) groups excluding carboxylic acids is 2. The largest absolute Gasteiger partial charge is 0.347 e. The van der Waals surface area contributed by atoms with Crippen LogP contribution < -0.4 is 5.32 Å². The molecule has 0 aliphatic carbocycles. The Bertz CT molecular complexity index is 1040. The van der Waals surface area contributed by atoms with Crippen LogP contribution in [-0.4, -0.2) is 21.7 Å². The summed E-state index contributed by atoms with van der Waals surface area (Å²) in [5.41, 5.74) is 2.11. The SMILES string of the molecule is CCCCn1cc(CC(=O)Nc2cc([N+](=O)[O-])ccc2C=O)c2ccccc21. The number of nitro groups is 1. The van der Waals surface area contributed by atoms with Crippen molar-refractivity contribution in [2.75, 3.05) is 5.32 Å². The van der Waals surface area contributed by atoms with Crippen LogP contribution >= 0.6 is 0 Å². The molecule has 28 heavy (non-hydrogen) atoms. The normalized spacial score (nSPS) is 10.8. The fourth-order valence-electron chi connectivity index (χ4n) is 3.21. The Morgan fingerprint density at radius 1 is 1.25 bits per heavy atom. The molecule has 1 N–H and O–H groups in total. The number of para-hydroxylation sites is 1. The van der Waals surface area contributed by atoms with Crippen LogP contribution in [0.15, 0.2) is 48.7 Å². The first kappa shape index (κ1) is 19.3. The Labute approximate surface area is 162 Å². The van der Waals surface area contributed by atoms with E-state index in [1.807, 2.05) is 30.5 Å². The molecule has 0 spiro atoms. The number of hydrogen-bond donors (Lipinski definition) is 1. The Morgan fingerprint density at radius 3 is 2.75 bits per heavy atom. The smallest absolute Gasteiger partial charge is 0.271 e. The number of benzene rings is 2. The van der Waals surface area contributed by atoms with Gasteiger partial charge in [0.05, 0.1) is 17.0 Å². The molecule has 0 atom stereocenters. The minimum atomic E-state index is -0.564. The number of hydrogen-bond acceptors (Lipinski definition) is 4. The van der Waals surface area contributed by atoms with Gasteiger partial charge in [0.1, 0.15) is 0 Å². The van der Waals surface area contributed by atoms with E-state index in [1.54, 1.807) is 0 Å². The second kappa shape index (κ2) is 8.47. The summed E-state index contributed by atoms with van der Waals surface area (Å²) in [6.07, 6.45) is 4.77. The second-order valence-electron chi connectivity index (χ2n) is 6.59. The maximum Gasteiger partial charge on any atom is 0.271 e. The number of nitrogens with zero attached hydrogens (tertiary/aromatic N) is 2. The molecule has 7 nitrogen and oxygen atoms in total. The fourth-order valence-corrected chi connectivity index (χ4v) is 3.21. The van der Waals surface area contributed by atoms with E-state index in [0.717, 1.165) is 35.9 Å². The first-order valence-electron chi connectivity index (χ1n) is 9.13. The molecule has 0 unspecified atom stereocenters. The summed E-state index contributed by atoms with van der Waals surface area (Å²) in [7, 11) is 0. The molecule has 0 aliphatic heterocycles. The molecular weight excluding hydrogens is 358 g/mol. The molecule has 0 radical (unpaired) electrons. The highest BCUT2D eigenvalue weighted by Gasteiger charge is 2.15. The van der Waals surface area contributed by atoms with Crippen molar-refractivity contribution in [3.63, 3.8) is 0 Å². The lowest BCUT2D eigenvalue weighted by Gasteiger charge is -2.07. The highest BCUT2D eigenvalue weighted by molar-refractivity contribution is 5.99. The Balaban J connectivity index is 1.85. The predicted molar refractivity (Wildman–Crippen MR) is 108 cm³/mol. The van der Waals surface area contributed by atoms with Crippen molar-refractivity contribution in [2.24, 2.45) is 0 Å². The quantitative estimate of drug-likeness (QED) is 0.358. The van der Waals surface area contributed by atoms with Gasteiger partial charge in [0, 0.05) is 41.3 Å². The van der Waals surface area contributed by atoms with Gasteiger partial charge in [-0.15, -0.1) is 0 Å². The first-order chi connectivity index (χ1) is 13.5. The molecule has 1 heterocycles. The summed E-state index contributed by atoms with van der Waals surface area (Å²) in [5.74, 6) is -0.331. The van der Waals surface area contributed by atoms with Crippen molar-refractivity contribution in [3.05, 3.63) is 69.9 Å². The minimum Gasteiger partial charge on any atom is -0.347 e. The lowest BCUT2D eigenvalue weighted by Crippen LogP contribution is -2.15. The van der Waals surface area contributed by atoms with Gasteiger partial charge in [0.2, 0.25) is 5.91 Å². The molecule has 1 aromatic heterocycles. The van der Waals surface area contributed by atoms with Crippen LogP contribution in [0.3, 0.4) is 0 Å². The number of anilines is 1. The van der Waals surface area contributed by atoms with Gasteiger partial charge in [0.25, 0.3) is 5.69 Å². The van der Waals surface area contributed by atoms with Gasteiger partial charge in [-0.3, -0.25) is 19.7 Å². The highest BCUT2D eigenvalue weighted by Crippen LogP contribution is 2.24. The zero-order valence-electron chi connectivity index (χ0n) is 15.6. The molecule has 144 valence electrons. The standard InChI is InChI=1S/C21H21N3O4/c1-2-3-10-23-13-16(18-6-4-5-7-20(18)23)11-21(26)22-19-12-17(24(27)28)9-8-15(19)14-25/h4-9,12-14H,2-3,10-11H2,1H3,(H,22,26). The number of rotatable bonds is 8. The van der Waals surface area contributed by atoms with Crippen molar-refractivity contribution in [1.29, 1.82) is 0 Å². The van der Waals surface area contributed by atoms with Gasteiger partial charge >= 0.3 is 0 Å². The summed E-state index contributed by atoms with van der Waals surface area (Å²) in [5, 5.41) is 14.6. The van der Waals surface area contributed by atoms with E-state index >= 15 is 0 Å². The average Bonchev–Trinajstić information content (AvgIpc) is 3.03. The maximum absolute atomic E-state index is 12.6. The molecule has 7 heteroatoms. The van der Waals surface area contributed by atoms with E-state index in [2.05, 4.69) is 16.8 Å². The minimum absolute atomic E-state index is 0.112. The third-order valence-corrected chi connectivity index (χ3v) is 4.62. The highest BCUT2D eigenvalue weighted by atomic mass is 16.6. The van der Waals surface area contributed by atoms with E-state index in [9.17, 15) is 19.7 Å². The van der Waals surface area contributed by atoms with E-state index in [4.69, 9.17) is 0 Å². The Kier molecular flexibility index (Phi) is 5.84. The molecule has 0 bridgehead atoms. The van der Waals surface area contributed by atoms with Gasteiger partial charge < -0.3 is 9.88 Å². The van der Waals surface area contributed by atoms with E-state index in [-0.39, 0.29) is 29.3 Å². The molecule has 0 saturated heterocycles. The number of carbonyl (C=O) groups is 2. The van der Waals surface area contributed by atoms with Gasteiger partial charge in [0.15, 0.2) is 6.29 Å². The van der Waals surface area contributed by atoms with Crippen molar-refractivity contribution >= 4 is 34.5 Å². The number of nitro benzene ring substituents is 1. The summed E-state index contributed by atoms with van der Waals surface area (Å²) >= 11 is 0. The van der Waals surface area contributed by atoms with Gasteiger partial charge in [-0.05, 0) is 24.1 Å². The maximum atomic E-state index is 12.6. The van der Waals surface area contributed by atoms with E-state index in [1.165, 1.54) is 18.2 Å². The number of aldehydes is 1. The Morgan fingerprint density at radius 2 is 2.04 bits per heavy atom. The van der Waals surface area contributed by atoms with Crippen LogP contribution in [0, 0.1) is 10.1 Å². The monoisotopic (exact) mass is 379 g/mol. The van der Waals surface area contributed by atoms with Gasteiger partial charge in [-0.25, -0.2) is 0 Å². The molecular formula is C21H21N3O4. The summed E-state index contributed by atoms with van der Waals surface area (Å²) in [6, 6.07) is 11.7. The molecule has 3 rings (SSSR count). The predicted octanol–water partition coefficient (Wildman–Crippen LogP) is 4.34. The molecule has 0 saturated carbocycles. The summed E-state index contributed by atoms with van der Waals surface area (Å²) in [4.78, 5) is 34.2. The molecule has 0 aliphatic rings. The third-order valence-electron chi connectivity index (χ3n) is 4.62. The van der Waals surface area contributed by atoms with Crippen LogP contribution in [0.1, 0.15) is 35.7 Å². The molecule has 3 aromatic rings. The number of non-ortho nitro benzene ring substituents is 1. The third kappa shape index (κ3) is 4.09. The van der Waals surface area contributed by atoms with Gasteiger partial charge in [-0.2, -0.15) is 0 Å². The number of amides is 1. The molecule has 2 aromatic carbocycles. The number of nitrogens with one attached hydrogen (secondary N) is 1. The van der Waals surface area contributed by atoms with Crippen molar-refractivity contribution < 1.29 is 14.5 Å². The van der Waals surface area contributed by atoms with E-state index in [0.29, 0.717) is 6.29 Å². The number of unbranched alkanes of at least 4 members (excludes halogenated alkanes) is 1. The van der Waals surface area contributed by atoms with Crippen molar-refractivity contribution in [2.45, 2.75) is 32.7 Å². The number of aryl methyl sites for hydroxylation is 1. The summed E-state index contributed by atoms with van der Waals surface area (Å²) in [6.45, 7) is 3.00. The van der Waals surface area contributed by atoms with Crippen LogP contribution in [0.5, 0.6) is 0 Å². The zero-order chi connectivity index (χ0) is 20.1. The van der Waals surface area contributed by atoms with Crippen molar-refractivity contribution in [3.8, 4) is 0 Å². The lowest BCUT2D eigenvalue weighted by molar-refractivity contribution is -0.384. The van der Waals surface area contributed by atoms with Crippen molar-refractivity contribution in [1.82, 2.24) is 4.57 Å². The number of aromatic nitrogens is 1. The van der Waals surface area contributed by atoms with Crippen LogP contribution in [0.2, 0.25) is 0 Å². The summed E-state index contributed by atoms with van der Waals surface area (Å²) < 4.78 is 2.14. The average molecular weight is 379 g/mol. The van der Waals surface area contributed by atoms with Gasteiger partial charge in [-0.1, -0.05) is 31.5 Å². The molecule has 0 fully saturated rings. The second-order valence-corrected chi connectivity index (χ2v) is 6.59. The topological polar surface area (TPSA) is 94.2 Å². The number of fused-ring (bicyclic) bond motifs is 1. The molecule has 1 amide bonds. The van der Waals surface area contributed by atoms with E-state index < -0.39 is 4.92 Å².